The minimum absolute atomic E-state index is 0.492. The van der Waals surface area contributed by atoms with Crippen LogP contribution < -0.4 is 11.1 Å². The van der Waals surface area contributed by atoms with E-state index in [2.05, 4.69) is 17.4 Å². The van der Waals surface area contributed by atoms with E-state index < -0.39 is 12.0 Å². The van der Waals surface area contributed by atoms with Crippen molar-refractivity contribution in [3.63, 3.8) is 0 Å². The number of carbonyl (C=O) groups is 1. The summed E-state index contributed by atoms with van der Waals surface area (Å²) in [5.74, 6) is -0.925. The van der Waals surface area contributed by atoms with E-state index in [9.17, 15) is 4.79 Å². The van der Waals surface area contributed by atoms with Gasteiger partial charge in [-0.25, -0.2) is 0 Å². The van der Waals surface area contributed by atoms with Crippen molar-refractivity contribution in [3.05, 3.63) is 29.3 Å². The van der Waals surface area contributed by atoms with Crippen molar-refractivity contribution in [1.29, 1.82) is 0 Å². The van der Waals surface area contributed by atoms with E-state index in [-0.39, 0.29) is 0 Å². The second-order valence-electron chi connectivity index (χ2n) is 4.10. The van der Waals surface area contributed by atoms with Gasteiger partial charge in [-0.3, -0.25) is 4.79 Å². The Balaban J connectivity index is 2.05. The van der Waals surface area contributed by atoms with Crippen molar-refractivity contribution in [1.82, 2.24) is 0 Å². The van der Waals surface area contributed by atoms with E-state index >= 15 is 0 Å². The Morgan fingerprint density at radius 1 is 1.56 bits per heavy atom. The van der Waals surface area contributed by atoms with E-state index in [1.54, 1.807) is 0 Å². The summed E-state index contributed by atoms with van der Waals surface area (Å²) >= 11 is 0. The van der Waals surface area contributed by atoms with Gasteiger partial charge in [0.15, 0.2) is 0 Å². The third kappa shape index (κ3) is 2.17. The van der Waals surface area contributed by atoms with Crippen LogP contribution in [0.3, 0.4) is 0 Å². The zero-order chi connectivity index (χ0) is 11.5. The van der Waals surface area contributed by atoms with Crippen molar-refractivity contribution in [2.24, 2.45) is 5.73 Å². The second kappa shape index (κ2) is 4.53. The van der Waals surface area contributed by atoms with Crippen LogP contribution in [0, 0.1) is 0 Å². The van der Waals surface area contributed by atoms with E-state index in [1.165, 1.54) is 16.8 Å². The van der Waals surface area contributed by atoms with Crippen LogP contribution in [0.5, 0.6) is 0 Å². The number of rotatable bonds is 4. The minimum Gasteiger partial charge on any atom is -0.480 e. The molecule has 4 heteroatoms. The average molecular weight is 220 g/mol. The quantitative estimate of drug-likeness (QED) is 0.707. The Morgan fingerprint density at radius 2 is 2.38 bits per heavy atom. The molecule has 16 heavy (non-hydrogen) atoms. The Morgan fingerprint density at radius 3 is 3.12 bits per heavy atom. The number of carboxylic acids is 1. The smallest absolute Gasteiger partial charge is 0.320 e. The number of nitrogens with one attached hydrogen (secondary N) is 1. The van der Waals surface area contributed by atoms with Crippen molar-refractivity contribution in [2.45, 2.75) is 25.3 Å². The fourth-order valence-electron chi connectivity index (χ4n) is 2.09. The summed E-state index contributed by atoms with van der Waals surface area (Å²) < 4.78 is 0. The molecule has 1 aromatic carbocycles. The molecule has 0 unspecified atom stereocenters. The molecule has 4 nitrogen and oxygen atoms in total. The number of nitrogens with two attached hydrogens (primary N) is 1. The monoisotopic (exact) mass is 220 g/mol. The summed E-state index contributed by atoms with van der Waals surface area (Å²) in [6.07, 6.45) is 2.25. The lowest BCUT2D eigenvalue weighted by Gasteiger charge is -2.09. The van der Waals surface area contributed by atoms with Gasteiger partial charge in [0.05, 0.1) is 0 Å². The van der Waals surface area contributed by atoms with Gasteiger partial charge in [-0.2, -0.15) is 0 Å². The number of carboxylic acid groups (broad SMARTS) is 1. The third-order valence-corrected chi connectivity index (χ3v) is 3.01. The van der Waals surface area contributed by atoms with Gasteiger partial charge in [-0.1, -0.05) is 12.1 Å². The summed E-state index contributed by atoms with van der Waals surface area (Å²) in [5.41, 5.74) is 9.22. The average Bonchev–Trinajstić information content (AvgIpc) is 2.73. The molecule has 0 bridgehead atoms. The van der Waals surface area contributed by atoms with Crippen molar-refractivity contribution < 1.29 is 9.90 Å². The molecule has 0 saturated heterocycles. The highest BCUT2D eigenvalue weighted by atomic mass is 16.4. The van der Waals surface area contributed by atoms with Crippen LogP contribution in [0.25, 0.3) is 0 Å². The summed E-state index contributed by atoms with van der Waals surface area (Å²) in [4.78, 5) is 10.6. The number of hydrogen-bond donors (Lipinski definition) is 3. The summed E-state index contributed by atoms with van der Waals surface area (Å²) in [5, 5.41) is 12.0. The molecule has 0 saturated carbocycles. The lowest BCUT2D eigenvalue weighted by molar-refractivity contribution is -0.138. The van der Waals surface area contributed by atoms with Crippen LogP contribution in [0.4, 0.5) is 5.69 Å². The fraction of sp³-hybridized carbons (Fsp3) is 0.417. The zero-order valence-electron chi connectivity index (χ0n) is 9.07. The molecule has 0 amide bonds. The maximum absolute atomic E-state index is 10.6. The largest absolute Gasteiger partial charge is 0.480 e. The topological polar surface area (TPSA) is 75.3 Å². The summed E-state index contributed by atoms with van der Waals surface area (Å²) in [7, 11) is 0. The molecule has 0 aliphatic carbocycles. The predicted molar refractivity (Wildman–Crippen MR) is 62.6 cm³/mol. The van der Waals surface area contributed by atoms with Crippen LogP contribution in [0.2, 0.25) is 0 Å². The number of aliphatic carboxylic acids is 1. The Labute approximate surface area is 94.5 Å². The van der Waals surface area contributed by atoms with Gasteiger partial charge in [0, 0.05) is 12.2 Å². The predicted octanol–water partition coefficient (Wildman–Crippen LogP) is 0.999. The number of benzene rings is 1. The molecule has 86 valence electrons. The molecule has 1 aliphatic heterocycles. The Bertz CT molecular complexity index is 404. The van der Waals surface area contributed by atoms with Gasteiger partial charge in [0.2, 0.25) is 0 Å². The summed E-state index contributed by atoms with van der Waals surface area (Å²) in [6, 6.07) is 5.35. The van der Waals surface area contributed by atoms with Gasteiger partial charge < -0.3 is 16.2 Å². The highest BCUT2D eigenvalue weighted by Crippen LogP contribution is 2.26. The lowest BCUT2D eigenvalue weighted by atomic mass is 9.99. The summed E-state index contributed by atoms with van der Waals surface area (Å²) in [6.45, 7) is 0.970. The number of anilines is 1. The number of aryl methyl sites for hydroxylation is 1. The van der Waals surface area contributed by atoms with Crippen LogP contribution in [0.1, 0.15) is 17.5 Å². The van der Waals surface area contributed by atoms with E-state index in [4.69, 9.17) is 10.8 Å². The molecule has 0 aromatic heterocycles. The maximum atomic E-state index is 10.6. The van der Waals surface area contributed by atoms with Gasteiger partial charge >= 0.3 is 5.97 Å². The SMILES string of the molecule is N[C@@H](CCc1cccc2c1CCN2)C(=O)O. The molecule has 0 radical (unpaired) electrons. The van der Waals surface area contributed by atoms with Crippen LogP contribution in [-0.2, 0) is 17.6 Å². The van der Waals surface area contributed by atoms with Crippen molar-refractivity contribution in [2.75, 3.05) is 11.9 Å². The van der Waals surface area contributed by atoms with Crippen molar-refractivity contribution >= 4 is 11.7 Å². The third-order valence-electron chi connectivity index (χ3n) is 3.01. The molecule has 1 aliphatic rings. The van der Waals surface area contributed by atoms with Gasteiger partial charge in [0.25, 0.3) is 0 Å². The Kier molecular flexibility index (Phi) is 3.10. The van der Waals surface area contributed by atoms with Crippen molar-refractivity contribution in [3.8, 4) is 0 Å². The molecule has 0 fully saturated rings. The highest BCUT2D eigenvalue weighted by molar-refractivity contribution is 5.73. The molecule has 1 aromatic rings. The number of fused-ring (bicyclic) bond motifs is 1. The van der Waals surface area contributed by atoms with E-state index in [0.29, 0.717) is 6.42 Å². The molecule has 1 atom stereocenters. The minimum atomic E-state index is -0.925. The number of hydrogen-bond acceptors (Lipinski definition) is 3. The second-order valence-corrected chi connectivity index (χ2v) is 4.10. The standard InChI is InChI=1S/C12H16N2O2/c13-10(12(15)16)5-4-8-2-1-3-11-9(8)6-7-14-11/h1-3,10,14H,4-7,13H2,(H,15,16)/t10-/m0/s1. The first kappa shape index (κ1) is 11.0. The first-order chi connectivity index (χ1) is 7.68. The van der Waals surface area contributed by atoms with Crippen LogP contribution in [0.15, 0.2) is 18.2 Å². The van der Waals surface area contributed by atoms with Crippen LogP contribution >= 0.6 is 0 Å². The van der Waals surface area contributed by atoms with E-state index in [1.807, 2.05) is 6.07 Å². The molecular weight excluding hydrogens is 204 g/mol. The van der Waals surface area contributed by atoms with Crippen LogP contribution in [-0.4, -0.2) is 23.7 Å². The first-order valence-corrected chi connectivity index (χ1v) is 5.51. The van der Waals surface area contributed by atoms with Gasteiger partial charge in [-0.05, 0) is 36.5 Å². The van der Waals surface area contributed by atoms with Gasteiger partial charge in [-0.15, -0.1) is 0 Å². The van der Waals surface area contributed by atoms with Gasteiger partial charge in [0.1, 0.15) is 6.04 Å². The lowest BCUT2D eigenvalue weighted by Crippen LogP contribution is -2.30. The Hall–Kier alpha value is -1.55. The first-order valence-electron chi connectivity index (χ1n) is 5.51. The molecule has 1 heterocycles. The van der Waals surface area contributed by atoms with E-state index in [0.717, 1.165) is 19.4 Å². The molecule has 4 N–H and O–H groups in total. The molecule has 2 rings (SSSR count). The highest BCUT2D eigenvalue weighted by Gasteiger charge is 2.16. The normalized spacial score (nSPS) is 15.3. The fourth-order valence-corrected chi connectivity index (χ4v) is 2.09. The molecular formula is C12H16N2O2. The molecule has 0 spiro atoms. The maximum Gasteiger partial charge on any atom is 0.320 e. The zero-order valence-corrected chi connectivity index (χ0v) is 9.07.